The lowest BCUT2D eigenvalue weighted by atomic mass is 9.96. The summed E-state index contributed by atoms with van der Waals surface area (Å²) in [7, 11) is 1.68. The average Bonchev–Trinajstić information content (AvgIpc) is 3.75. The molecule has 6 rings (SSSR count). The van der Waals surface area contributed by atoms with Gasteiger partial charge in [-0.2, -0.15) is 0 Å². The number of nitrogens with one attached hydrogen (secondary N) is 1. The van der Waals surface area contributed by atoms with E-state index < -0.39 is 0 Å². The summed E-state index contributed by atoms with van der Waals surface area (Å²) in [5.41, 5.74) is 8.39. The van der Waals surface area contributed by atoms with E-state index in [2.05, 4.69) is 16.2 Å². The smallest absolute Gasteiger partial charge is 0.253 e. The predicted octanol–water partition coefficient (Wildman–Crippen LogP) is 6.55. The van der Waals surface area contributed by atoms with Crippen molar-refractivity contribution in [3.05, 3.63) is 76.8 Å². The topological polar surface area (TPSA) is 92.2 Å². The first-order chi connectivity index (χ1) is 20.0. The molecule has 41 heavy (non-hydrogen) atoms. The standard InChI is InChI=1S/C33H34N4O4/c1-20-16-23(33(39)37(3)12-13-38)6-8-25(20)30-18-29-32(41-30)31(26(19-35-29)21-4-5-21)22-7-9-27(28(17-22)34-2)36-24-10-14-40-15-11-24/h6-9,16-19,21,24,36,38H,4-5,10-15H2,1,3H3. The van der Waals surface area contributed by atoms with Crippen LogP contribution in [-0.4, -0.2) is 60.4 Å². The number of likely N-dealkylation sites (N-methyl/N-ethyl adjacent to an activating group) is 1. The molecule has 1 aliphatic heterocycles. The van der Waals surface area contributed by atoms with Gasteiger partial charge in [-0.25, -0.2) is 4.85 Å². The molecule has 1 saturated carbocycles. The Morgan fingerprint density at radius 1 is 1.15 bits per heavy atom. The zero-order valence-electron chi connectivity index (χ0n) is 23.4. The third kappa shape index (κ3) is 5.43. The van der Waals surface area contributed by atoms with Gasteiger partial charge < -0.3 is 24.5 Å². The van der Waals surface area contributed by atoms with Gasteiger partial charge in [0, 0.05) is 67.5 Å². The summed E-state index contributed by atoms with van der Waals surface area (Å²) < 4.78 is 12.0. The molecule has 2 aliphatic rings. The second kappa shape index (κ2) is 11.4. The molecule has 2 N–H and O–H groups in total. The minimum absolute atomic E-state index is 0.0803. The van der Waals surface area contributed by atoms with Crippen LogP contribution in [0.2, 0.25) is 0 Å². The third-order valence-electron chi connectivity index (χ3n) is 8.10. The van der Waals surface area contributed by atoms with Crippen LogP contribution < -0.4 is 5.32 Å². The van der Waals surface area contributed by atoms with Gasteiger partial charge in [-0.05, 0) is 79.5 Å². The normalized spacial score (nSPS) is 15.6. The highest BCUT2D eigenvalue weighted by atomic mass is 16.5. The fraction of sp³-hybridized carbons (Fsp3) is 0.364. The van der Waals surface area contributed by atoms with Crippen LogP contribution in [0.15, 0.2) is 53.1 Å². The van der Waals surface area contributed by atoms with Crippen molar-refractivity contribution in [3.8, 4) is 22.5 Å². The van der Waals surface area contributed by atoms with Crippen LogP contribution in [0.3, 0.4) is 0 Å². The van der Waals surface area contributed by atoms with E-state index >= 15 is 0 Å². The zero-order valence-corrected chi connectivity index (χ0v) is 23.4. The fourth-order valence-electron chi connectivity index (χ4n) is 5.63. The molecule has 3 heterocycles. The molecule has 210 valence electrons. The van der Waals surface area contributed by atoms with E-state index in [1.54, 1.807) is 13.1 Å². The number of nitrogens with zero attached hydrogens (tertiary/aromatic N) is 3. The van der Waals surface area contributed by atoms with Gasteiger partial charge in [0.25, 0.3) is 5.91 Å². The number of ether oxygens (including phenoxy) is 1. The molecule has 8 heteroatoms. The maximum absolute atomic E-state index is 12.7. The van der Waals surface area contributed by atoms with Crippen molar-refractivity contribution in [2.45, 2.75) is 44.6 Å². The fourth-order valence-corrected chi connectivity index (χ4v) is 5.63. The summed E-state index contributed by atoms with van der Waals surface area (Å²) in [6.07, 6.45) is 6.06. The van der Waals surface area contributed by atoms with Gasteiger partial charge in [0.15, 0.2) is 5.58 Å². The molecular formula is C33H34N4O4. The minimum Gasteiger partial charge on any atom is -0.454 e. The van der Waals surface area contributed by atoms with E-state index in [1.165, 1.54) is 4.90 Å². The van der Waals surface area contributed by atoms with Crippen LogP contribution in [0.25, 0.3) is 38.4 Å². The average molecular weight is 551 g/mol. The number of carbonyl (C=O) groups is 1. The number of rotatable bonds is 8. The third-order valence-corrected chi connectivity index (χ3v) is 8.10. The van der Waals surface area contributed by atoms with Crippen LogP contribution >= 0.6 is 0 Å². The Kier molecular flexibility index (Phi) is 7.48. The highest BCUT2D eigenvalue weighted by Crippen LogP contribution is 2.48. The molecule has 1 amide bonds. The van der Waals surface area contributed by atoms with Gasteiger partial charge in [-0.1, -0.05) is 12.1 Å². The first kappa shape index (κ1) is 27.0. The van der Waals surface area contributed by atoms with Crippen LogP contribution in [-0.2, 0) is 4.74 Å². The van der Waals surface area contributed by atoms with Crippen molar-refractivity contribution < 1.29 is 19.1 Å². The van der Waals surface area contributed by atoms with Crippen LogP contribution in [0.4, 0.5) is 11.4 Å². The Morgan fingerprint density at radius 3 is 2.66 bits per heavy atom. The Bertz CT molecular complexity index is 1640. The van der Waals surface area contributed by atoms with Gasteiger partial charge in [-0.3, -0.25) is 9.78 Å². The number of amides is 1. The second-order valence-corrected chi connectivity index (χ2v) is 11.0. The molecular weight excluding hydrogens is 516 g/mol. The number of fused-ring (bicyclic) bond motifs is 1. The molecule has 1 saturated heterocycles. The lowest BCUT2D eigenvalue weighted by Gasteiger charge is -2.25. The van der Waals surface area contributed by atoms with Crippen LogP contribution in [0.5, 0.6) is 0 Å². The Hall–Kier alpha value is -4.19. The zero-order chi connectivity index (χ0) is 28.5. The number of hydrogen-bond donors (Lipinski definition) is 2. The summed E-state index contributed by atoms with van der Waals surface area (Å²) in [5, 5.41) is 12.7. The summed E-state index contributed by atoms with van der Waals surface area (Å²) in [4.78, 5) is 22.9. The number of benzene rings is 2. The molecule has 2 aromatic heterocycles. The predicted molar refractivity (Wildman–Crippen MR) is 159 cm³/mol. The summed E-state index contributed by atoms with van der Waals surface area (Å²) in [6, 6.07) is 13.9. The molecule has 0 radical (unpaired) electrons. The Balaban J connectivity index is 1.38. The Labute approximate surface area is 239 Å². The van der Waals surface area contributed by atoms with E-state index in [9.17, 15) is 9.90 Å². The van der Waals surface area contributed by atoms with Gasteiger partial charge >= 0.3 is 0 Å². The number of aliphatic hydroxyl groups is 1. The SMILES string of the molecule is [C-]#[N+]c1cc(-c2c(C3CC3)cnc3cc(-c4ccc(C(=O)N(C)CCO)cc4C)oc23)ccc1NC1CCOCC1. The van der Waals surface area contributed by atoms with Crippen molar-refractivity contribution in [3.63, 3.8) is 0 Å². The largest absolute Gasteiger partial charge is 0.454 e. The summed E-state index contributed by atoms with van der Waals surface area (Å²) >= 11 is 0. The highest BCUT2D eigenvalue weighted by Gasteiger charge is 2.30. The number of anilines is 1. The van der Waals surface area contributed by atoms with Crippen molar-refractivity contribution >= 4 is 28.4 Å². The first-order valence-electron chi connectivity index (χ1n) is 14.2. The van der Waals surface area contributed by atoms with Gasteiger partial charge in [0.05, 0.1) is 13.2 Å². The molecule has 2 aromatic carbocycles. The molecule has 4 aromatic rings. The number of aromatic nitrogens is 1. The molecule has 0 atom stereocenters. The Morgan fingerprint density at radius 2 is 1.95 bits per heavy atom. The summed E-state index contributed by atoms with van der Waals surface area (Å²) in [5.74, 6) is 0.988. The van der Waals surface area contributed by atoms with Gasteiger partial charge in [-0.15, -0.1) is 0 Å². The molecule has 0 bridgehead atoms. The van der Waals surface area contributed by atoms with E-state index in [0.717, 1.165) is 77.9 Å². The lowest BCUT2D eigenvalue weighted by Crippen LogP contribution is -2.29. The summed E-state index contributed by atoms with van der Waals surface area (Å²) in [6.45, 7) is 11.5. The molecule has 0 spiro atoms. The number of furan rings is 1. The lowest BCUT2D eigenvalue weighted by molar-refractivity contribution is 0.0767. The van der Waals surface area contributed by atoms with Crippen LogP contribution in [0.1, 0.15) is 53.1 Å². The molecule has 0 unspecified atom stereocenters. The number of carbonyl (C=O) groups excluding carboxylic acids is 1. The number of hydrogen-bond acceptors (Lipinski definition) is 6. The number of aliphatic hydroxyl groups excluding tert-OH is 1. The second-order valence-electron chi connectivity index (χ2n) is 11.0. The molecule has 1 aliphatic carbocycles. The quantitative estimate of drug-likeness (QED) is 0.242. The van der Waals surface area contributed by atoms with Crippen molar-refractivity contribution in [1.29, 1.82) is 0 Å². The number of aryl methyl sites for hydroxylation is 1. The molecule has 2 fully saturated rings. The monoisotopic (exact) mass is 550 g/mol. The van der Waals surface area contributed by atoms with E-state index in [1.807, 2.05) is 43.5 Å². The van der Waals surface area contributed by atoms with E-state index in [4.69, 9.17) is 20.7 Å². The maximum atomic E-state index is 12.7. The molecule has 8 nitrogen and oxygen atoms in total. The van der Waals surface area contributed by atoms with Gasteiger partial charge in [0.2, 0.25) is 5.69 Å². The maximum Gasteiger partial charge on any atom is 0.253 e. The van der Waals surface area contributed by atoms with Crippen molar-refractivity contribution in [2.24, 2.45) is 0 Å². The minimum atomic E-state index is -0.137. The first-order valence-corrected chi connectivity index (χ1v) is 14.2. The van der Waals surface area contributed by atoms with E-state index in [-0.39, 0.29) is 19.1 Å². The van der Waals surface area contributed by atoms with Crippen LogP contribution in [0, 0.1) is 13.5 Å². The van der Waals surface area contributed by atoms with Crippen molar-refractivity contribution in [1.82, 2.24) is 9.88 Å². The highest BCUT2D eigenvalue weighted by molar-refractivity contribution is 5.97. The van der Waals surface area contributed by atoms with E-state index in [0.29, 0.717) is 34.6 Å². The van der Waals surface area contributed by atoms with Gasteiger partial charge in [0.1, 0.15) is 11.3 Å². The number of pyridine rings is 1. The van der Waals surface area contributed by atoms with Crippen molar-refractivity contribution in [2.75, 3.05) is 38.7 Å².